The molecule has 0 amide bonds. The van der Waals surface area contributed by atoms with Crippen LogP contribution in [0, 0.1) is 0 Å². The van der Waals surface area contributed by atoms with Gasteiger partial charge in [-0.25, -0.2) is 13.6 Å². The van der Waals surface area contributed by atoms with Crippen molar-refractivity contribution in [2.24, 2.45) is 5.14 Å². The first-order valence-electron chi connectivity index (χ1n) is 4.05. The lowest BCUT2D eigenvalue weighted by Crippen LogP contribution is -2.21. The monoisotopic (exact) mass is 196 g/mol. The van der Waals surface area contributed by atoms with Crippen molar-refractivity contribution in [1.82, 2.24) is 4.90 Å². The van der Waals surface area contributed by atoms with Gasteiger partial charge in [0, 0.05) is 0 Å². The molecule has 12 heavy (non-hydrogen) atoms. The van der Waals surface area contributed by atoms with Crippen LogP contribution in [-0.4, -0.2) is 39.2 Å². The molecule has 0 heterocycles. The number of nitrogens with two attached hydrogens (primary N) is 1. The molecule has 0 aliphatic rings. The number of primary sulfonamides is 1. The van der Waals surface area contributed by atoms with E-state index in [-0.39, 0.29) is 0 Å². The van der Waals surface area contributed by atoms with Gasteiger partial charge >= 0.3 is 0 Å². The maximum Gasteiger partial charge on any atom is 0.206 e. The SMILES string of the molecule is CCN(CC)CC.CS(N)(=O)=O. The Kier molecular flexibility index (Phi) is 9.02. The quantitative estimate of drug-likeness (QED) is 0.704. The van der Waals surface area contributed by atoms with Gasteiger partial charge in [0.15, 0.2) is 0 Å². The summed E-state index contributed by atoms with van der Waals surface area (Å²) in [4.78, 5) is 2.38. The van der Waals surface area contributed by atoms with E-state index in [2.05, 4.69) is 30.8 Å². The molecule has 0 aromatic rings. The molecule has 2 N–H and O–H groups in total. The van der Waals surface area contributed by atoms with Crippen LogP contribution in [0.15, 0.2) is 0 Å². The van der Waals surface area contributed by atoms with E-state index in [0.717, 1.165) is 6.26 Å². The van der Waals surface area contributed by atoms with Crippen LogP contribution in [0.1, 0.15) is 20.8 Å². The second kappa shape index (κ2) is 7.52. The Hall–Kier alpha value is -0.130. The molecule has 0 rings (SSSR count). The van der Waals surface area contributed by atoms with Crippen LogP contribution in [0.3, 0.4) is 0 Å². The van der Waals surface area contributed by atoms with Crippen LogP contribution in [0.2, 0.25) is 0 Å². The summed E-state index contributed by atoms with van der Waals surface area (Å²) in [6.45, 7) is 10.1. The minimum atomic E-state index is -3.17. The van der Waals surface area contributed by atoms with Crippen LogP contribution in [0.25, 0.3) is 0 Å². The first kappa shape index (κ1) is 14.4. The molecular weight excluding hydrogens is 176 g/mol. The third-order valence-corrected chi connectivity index (χ3v) is 1.34. The molecule has 0 aromatic carbocycles. The lowest BCUT2D eigenvalue weighted by Gasteiger charge is -2.13. The molecule has 0 fully saturated rings. The molecule has 0 atom stereocenters. The van der Waals surface area contributed by atoms with Crippen molar-refractivity contribution in [3.8, 4) is 0 Å². The lowest BCUT2D eigenvalue weighted by atomic mass is 10.5. The molecule has 0 radical (unpaired) electrons. The van der Waals surface area contributed by atoms with Crippen molar-refractivity contribution in [2.75, 3.05) is 25.9 Å². The second-order valence-corrected chi connectivity index (χ2v) is 4.11. The van der Waals surface area contributed by atoms with Gasteiger partial charge in [0.25, 0.3) is 0 Å². The summed E-state index contributed by atoms with van der Waals surface area (Å²) in [5.41, 5.74) is 0. The molecule has 0 aromatic heterocycles. The fourth-order valence-corrected chi connectivity index (χ4v) is 0.671. The smallest absolute Gasteiger partial charge is 0.206 e. The summed E-state index contributed by atoms with van der Waals surface area (Å²) in [5.74, 6) is 0. The van der Waals surface area contributed by atoms with Crippen LogP contribution in [0.5, 0.6) is 0 Å². The van der Waals surface area contributed by atoms with Crippen LogP contribution in [-0.2, 0) is 10.0 Å². The Morgan fingerprint density at radius 2 is 1.25 bits per heavy atom. The van der Waals surface area contributed by atoms with Crippen molar-refractivity contribution in [1.29, 1.82) is 0 Å². The number of rotatable bonds is 3. The average molecular weight is 196 g/mol. The number of nitrogens with zero attached hydrogens (tertiary/aromatic N) is 1. The Bertz CT molecular complexity index is 160. The fraction of sp³-hybridized carbons (Fsp3) is 1.00. The highest BCUT2D eigenvalue weighted by atomic mass is 32.2. The van der Waals surface area contributed by atoms with E-state index in [1.165, 1.54) is 19.6 Å². The normalized spacial score (nSPS) is 10.8. The minimum absolute atomic E-state index is 0.938. The Morgan fingerprint density at radius 3 is 1.25 bits per heavy atom. The predicted molar refractivity (Wildman–Crippen MR) is 52.5 cm³/mol. The highest BCUT2D eigenvalue weighted by Gasteiger charge is 1.89. The zero-order valence-electron chi connectivity index (χ0n) is 8.37. The largest absolute Gasteiger partial charge is 0.304 e. The van der Waals surface area contributed by atoms with Gasteiger partial charge in [-0.2, -0.15) is 0 Å². The average Bonchev–Trinajstić information content (AvgIpc) is 1.88. The summed E-state index contributed by atoms with van der Waals surface area (Å²) in [6, 6.07) is 0. The number of hydrogen-bond donors (Lipinski definition) is 1. The predicted octanol–water partition coefficient (Wildman–Crippen LogP) is 0.253. The molecule has 0 aliphatic carbocycles. The van der Waals surface area contributed by atoms with Gasteiger partial charge in [-0.05, 0) is 19.6 Å². The van der Waals surface area contributed by atoms with Crippen molar-refractivity contribution in [3.05, 3.63) is 0 Å². The Balaban J connectivity index is 0. The summed E-state index contributed by atoms with van der Waals surface area (Å²) in [7, 11) is -3.17. The van der Waals surface area contributed by atoms with Gasteiger partial charge in [-0.1, -0.05) is 20.8 Å². The highest BCUT2D eigenvalue weighted by molar-refractivity contribution is 7.88. The minimum Gasteiger partial charge on any atom is -0.304 e. The molecule has 0 bridgehead atoms. The lowest BCUT2D eigenvalue weighted by molar-refractivity contribution is 0.321. The molecule has 0 aliphatic heterocycles. The van der Waals surface area contributed by atoms with Crippen molar-refractivity contribution in [3.63, 3.8) is 0 Å². The van der Waals surface area contributed by atoms with Gasteiger partial charge in [0.2, 0.25) is 10.0 Å². The summed E-state index contributed by atoms with van der Waals surface area (Å²) in [5, 5.41) is 4.33. The molecule has 0 saturated carbocycles. The maximum atomic E-state index is 9.41. The molecule has 76 valence electrons. The summed E-state index contributed by atoms with van der Waals surface area (Å²) >= 11 is 0. The van der Waals surface area contributed by atoms with Crippen molar-refractivity contribution in [2.45, 2.75) is 20.8 Å². The first-order valence-corrected chi connectivity index (χ1v) is 6.00. The van der Waals surface area contributed by atoms with Crippen LogP contribution < -0.4 is 5.14 Å². The van der Waals surface area contributed by atoms with Crippen LogP contribution in [0.4, 0.5) is 0 Å². The van der Waals surface area contributed by atoms with E-state index >= 15 is 0 Å². The van der Waals surface area contributed by atoms with Gasteiger partial charge in [0.1, 0.15) is 0 Å². The Labute approximate surface area is 75.8 Å². The summed E-state index contributed by atoms with van der Waals surface area (Å²) in [6.07, 6.45) is 0.938. The molecule has 5 heteroatoms. The third-order valence-electron chi connectivity index (χ3n) is 1.34. The van der Waals surface area contributed by atoms with Gasteiger partial charge < -0.3 is 4.90 Å². The zero-order valence-corrected chi connectivity index (χ0v) is 9.19. The van der Waals surface area contributed by atoms with Gasteiger partial charge in [-0.3, -0.25) is 0 Å². The van der Waals surface area contributed by atoms with E-state index in [1.807, 2.05) is 0 Å². The highest BCUT2D eigenvalue weighted by Crippen LogP contribution is 1.81. The van der Waals surface area contributed by atoms with E-state index in [4.69, 9.17) is 0 Å². The molecule has 0 unspecified atom stereocenters. The topological polar surface area (TPSA) is 63.4 Å². The maximum absolute atomic E-state index is 9.41. The van der Waals surface area contributed by atoms with Crippen molar-refractivity contribution >= 4 is 10.0 Å². The van der Waals surface area contributed by atoms with E-state index in [1.54, 1.807) is 0 Å². The van der Waals surface area contributed by atoms with Gasteiger partial charge in [0.05, 0.1) is 6.26 Å². The number of sulfonamides is 1. The third kappa shape index (κ3) is 22.5. The van der Waals surface area contributed by atoms with E-state index < -0.39 is 10.0 Å². The fourth-order valence-electron chi connectivity index (χ4n) is 0.671. The zero-order chi connectivity index (χ0) is 10.2. The molecule has 0 saturated heterocycles. The Morgan fingerprint density at radius 1 is 1.08 bits per heavy atom. The first-order chi connectivity index (χ1) is 5.35. The second-order valence-electron chi connectivity index (χ2n) is 2.45. The summed E-state index contributed by atoms with van der Waals surface area (Å²) < 4.78 is 18.8. The van der Waals surface area contributed by atoms with Gasteiger partial charge in [-0.15, -0.1) is 0 Å². The van der Waals surface area contributed by atoms with E-state index in [0.29, 0.717) is 0 Å². The molecule has 0 spiro atoms. The van der Waals surface area contributed by atoms with Crippen molar-refractivity contribution < 1.29 is 8.42 Å². The molecular formula is C7H20N2O2S. The standard InChI is InChI=1S/C6H15N.CH5NO2S/c1-4-7(5-2)6-3;1-5(2,3)4/h4-6H2,1-3H3;1H3,(H2,2,3,4). The molecule has 4 nitrogen and oxygen atoms in total. The number of hydrogen-bond acceptors (Lipinski definition) is 3. The van der Waals surface area contributed by atoms with Crippen LogP contribution >= 0.6 is 0 Å². The van der Waals surface area contributed by atoms with E-state index in [9.17, 15) is 8.42 Å².